The number of amides is 1. The Kier molecular flexibility index (Phi) is 3.82. The largest absolute Gasteiger partial charge is 0.453 e. The van der Waals surface area contributed by atoms with E-state index >= 15 is 0 Å². The number of ether oxygens (including phenoxy) is 1. The second-order valence-corrected chi connectivity index (χ2v) is 5.87. The van der Waals surface area contributed by atoms with Crippen LogP contribution in [0.5, 0.6) is 0 Å². The molecule has 5 heteroatoms. The Morgan fingerprint density at radius 2 is 1.84 bits per heavy atom. The maximum atomic E-state index is 12.4. The van der Waals surface area contributed by atoms with Crippen LogP contribution in [-0.4, -0.2) is 16.4 Å². The molecule has 2 heterocycles. The number of anilines is 1. The number of nitrogens with one attached hydrogen (secondary N) is 1. The Labute approximate surface area is 144 Å². The third-order valence-electron chi connectivity index (χ3n) is 4.18. The first-order valence-electron chi connectivity index (χ1n) is 8.04. The van der Waals surface area contributed by atoms with Crippen molar-refractivity contribution in [2.45, 2.75) is 12.5 Å². The predicted molar refractivity (Wildman–Crippen MR) is 93.6 cm³/mol. The second-order valence-electron chi connectivity index (χ2n) is 5.87. The number of nitrogens with zero attached hydrogens (tertiary/aromatic N) is 1. The van der Waals surface area contributed by atoms with Gasteiger partial charge in [-0.25, -0.2) is 4.79 Å². The Hall–Kier alpha value is -3.34. The second kappa shape index (κ2) is 6.28. The number of hydrogen-bond acceptors (Lipinski definition) is 3. The molecule has 4 rings (SSSR count). The molecule has 1 aliphatic heterocycles. The number of carbonyl (C=O) groups is 2. The van der Waals surface area contributed by atoms with Crippen molar-refractivity contribution >= 4 is 17.6 Å². The number of carbonyl (C=O) groups excluding carboxylic acids is 2. The molecule has 2 aromatic carbocycles. The number of esters is 1. The van der Waals surface area contributed by atoms with Gasteiger partial charge in [-0.3, -0.25) is 4.79 Å². The van der Waals surface area contributed by atoms with Gasteiger partial charge in [0.15, 0.2) is 0 Å². The zero-order valence-electron chi connectivity index (χ0n) is 13.4. The van der Waals surface area contributed by atoms with Gasteiger partial charge in [-0.1, -0.05) is 24.3 Å². The van der Waals surface area contributed by atoms with Crippen LogP contribution in [0.25, 0.3) is 5.69 Å². The molecule has 1 amide bonds. The van der Waals surface area contributed by atoms with Gasteiger partial charge in [0.25, 0.3) is 0 Å². The van der Waals surface area contributed by atoms with Crippen molar-refractivity contribution in [3.8, 4) is 5.69 Å². The monoisotopic (exact) mass is 332 g/mol. The summed E-state index contributed by atoms with van der Waals surface area (Å²) in [5, 5.41) is 2.87. The van der Waals surface area contributed by atoms with E-state index in [0.717, 1.165) is 11.3 Å². The summed E-state index contributed by atoms with van der Waals surface area (Å²) in [6, 6.07) is 18.6. The van der Waals surface area contributed by atoms with Crippen LogP contribution in [0, 0.1) is 0 Å². The number of benzene rings is 2. The van der Waals surface area contributed by atoms with Gasteiger partial charge in [0.05, 0.1) is 12.0 Å². The van der Waals surface area contributed by atoms with E-state index in [0.29, 0.717) is 11.3 Å². The van der Waals surface area contributed by atoms with E-state index in [1.54, 1.807) is 12.1 Å². The van der Waals surface area contributed by atoms with Crippen molar-refractivity contribution in [2.24, 2.45) is 0 Å². The van der Waals surface area contributed by atoms with Gasteiger partial charge in [0.1, 0.15) is 6.10 Å². The molecule has 1 aromatic heterocycles. The fourth-order valence-electron chi connectivity index (χ4n) is 3.00. The van der Waals surface area contributed by atoms with Crippen LogP contribution in [-0.2, 0) is 9.53 Å². The third kappa shape index (κ3) is 3.04. The highest BCUT2D eigenvalue weighted by molar-refractivity contribution is 5.96. The Bertz CT molecular complexity index is 932. The minimum Gasteiger partial charge on any atom is -0.453 e. The number of rotatable bonds is 4. The highest BCUT2D eigenvalue weighted by Gasteiger charge is 2.31. The number of fused-ring (bicyclic) bond motifs is 1. The molecule has 1 atom stereocenters. The average molecular weight is 332 g/mol. The van der Waals surface area contributed by atoms with E-state index in [1.165, 1.54) is 0 Å². The molecule has 0 saturated carbocycles. The van der Waals surface area contributed by atoms with Crippen molar-refractivity contribution in [3.63, 3.8) is 0 Å². The predicted octanol–water partition coefficient (Wildman–Crippen LogP) is 3.72. The van der Waals surface area contributed by atoms with Gasteiger partial charge in [-0.15, -0.1) is 0 Å². The van der Waals surface area contributed by atoms with Crippen LogP contribution < -0.4 is 5.32 Å². The summed E-state index contributed by atoms with van der Waals surface area (Å²) in [7, 11) is 0. The first-order valence-corrected chi connectivity index (χ1v) is 8.04. The van der Waals surface area contributed by atoms with Gasteiger partial charge in [-0.05, 0) is 36.4 Å². The molecule has 1 aliphatic rings. The molecule has 25 heavy (non-hydrogen) atoms. The fourth-order valence-corrected chi connectivity index (χ4v) is 3.00. The molecule has 0 aliphatic carbocycles. The van der Waals surface area contributed by atoms with Gasteiger partial charge < -0.3 is 14.6 Å². The number of cyclic esters (lactones) is 1. The number of aromatic nitrogens is 1. The summed E-state index contributed by atoms with van der Waals surface area (Å²) < 4.78 is 7.28. The van der Waals surface area contributed by atoms with Gasteiger partial charge in [0.2, 0.25) is 5.91 Å². The van der Waals surface area contributed by atoms with Gasteiger partial charge in [0, 0.05) is 29.3 Å². The first kappa shape index (κ1) is 15.2. The summed E-state index contributed by atoms with van der Waals surface area (Å²) >= 11 is 0. The minimum atomic E-state index is -0.531. The summed E-state index contributed by atoms with van der Waals surface area (Å²) in [6.45, 7) is 0. The van der Waals surface area contributed by atoms with E-state index in [1.807, 2.05) is 65.5 Å². The van der Waals surface area contributed by atoms with Crippen LogP contribution in [0.2, 0.25) is 0 Å². The van der Waals surface area contributed by atoms with Crippen LogP contribution in [0.1, 0.15) is 28.4 Å². The molecule has 0 spiro atoms. The SMILES string of the molecule is O=C(C[C@H]1OC(=O)c2ccccc21)Nc1cccc(-n2cccc2)c1. The molecule has 0 fully saturated rings. The highest BCUT2D eigenvalue weighted by atomic mass is 16.5. The van der Waals surface area contributed by atoms with E-state index in [-0.39, 0.29) is 18.3 Å². The normalized spacial score (nSPS) is 15.5. The maximum absolute atomic E-state index is 12.4. The molecular formula is C20H16N2O3. The Morgan fingerprint density at radius 3 is 2.68 bits per heavy atom. The average Bonchev–Trinajstić information content (AvgIpc) is 3.25. The van der Waals surface area contributed by atoms with Crippen molar-refractivity contribution in [3.05, 3.63) is 84.2 Å². The fraction of sp³-hybridized carbons (Fsp3) is 0.100. The third-order valence-corrected chi connectivity index (χ3v) is 4.18. The summed E-state index contributed by atoms with van der Waals surface area (Å²) in [4.78, 5) is 24.2. The maximum Gasteiger partial charge on any atom is 0.339 e. The molecule has 124 valence electrons. The van der Waals surface area contributed by atoms with Crippen LogP contribution >= 0.6 is 0 Å². The summed E-state index contributed by atoms with van der Waals surface area (Å²) in [6.07, 6.45) is 3.44. The van der Waals surface area contributed by atoms with Gasteiger partial charge >= 0.3 is 5.97 Å². The molecular weight excluding hydrogens is 316 g/mol. The topological polar surface area (TPSA) is 60.3 Å². The molecule has 1 N–H and O–H groups in total. The zero-order chi connectivity index (χ0) is 17.2. The van der Waals surface area contributed by atoms with Crippen LogP contribution in [0.15, 0.2) is 73.1 Å². The Balaban J connectivity index is 1.47. The van der Waals surface area contributed by atoms with Crippen molar-refractivity contribution in [1.82, 2.24) is 4.57 Å². The molecule has 3 aromatic rings. The molecule has 5 nitrogen and oxygen atoms in total. The smallest absolute Gasteiger partial charge is 0.339 e. The van der Waals surface area contributed by atoms with E-state index in [4.69, 9.17) is 4.74 Å². The molecule has 0 bridgehead atoms. The van der Waals surface area contributed by atoms with Gasteiger partial charge in [-0.2, -0.15) is 0 Å². The van der Waals surface area contributed by atoms with E-state index in [2.05, 4.69) is 5.32 Å². The molecule has 0 radical (unpaired) electrons. The lowest BCUT2D eigenvalue weighted by molar-refractivity contribution is -0.118. The van der Waals surface area contributed by atoms with Crippen molar-refractivity contribution in [2.75, 3.05) is 5.32 Å². The van der Waals surface area contributed by atoms with Crippen molar-refractivity contribution < 1.29 is 14.3 Å². The standard InChI is InChI=1S/C20H16N2O3/c23-19(13-18-16-8-1-2-9-17(16)20(24)25-18)21-14-6-5-7-15(12-14)22-10-3-4-11-22/h1-12,18H,13H2,(H,21,23)/t18-/m1/s1. The first-order chi connectivity index (χ1) is 12.2. The Morgan fingerprint density at radius 1 is 1.04 bits per heavy atom. The van der Waals surface area contributed by atoms with Crippen LogP contribution in [0.3, 0.4) is 0 Å². The van der Waals surface area contributed by atoms with Crippen molar-refractivity contribution in [1.29, 1.82) is 0 Å². The molecule has 0 unspecified atom stereocenters. The molecule has 0 saturated heterocycles. The lowest BCUT2D eigenvalue weighted by Gasteiger charge is -2.12. The lowest BCUT2D eigenvalue weighted by atomic mass is 10.0. The highest BCUT2D eigenvalue weighted by Crippen LogP contribution is 2.33. The van der Waals surface area contributed by atoms with Crippen LogP contribution in [0.4, 0.5) is 5.69 Å². The van der Waals surface area contributed by atoms with E-state index < -0.39 is 6.10 Å². The minimum absolute atomic E-state index is 0.0938. The zero-order valence-corrected chi connectivity index (χ0v) is 13.4. The van der Waals surface area contributed by atoms with E-state index in [9.17, 15) is 9.59 Å². The quantitative estimate of drug-likeness (QED) is 0.741. The number of hydrogen-bond donors (Lipinski definition) is 1. The summed E-state index contributed by atoms with van der Waals surface area (Å²) in [5.41, 5.74) is 2.97. The summed E-state index contributed by atoms with van der Waals surface area (Å²) in [5.74, 6) is -0.567. The lowest BCUT2D eigenvalue weighted by Crippen LogP contribution is -2.15.